The summed E-state index contributed by atoms with van der Waals surface area (Å²) in [6.07, 6.45) is 3.88. The highest BCUT2D eigenvalue weighted by atomic mass is 16.2. The van der Waals surface area contributed by atoms with Crippen LogP contribution < -0.4 is 10.2 Å². The largest absolute Gasteiger partial charge is 0.352 e. The molecule has 1 fully saturated rings. The van der Waals surface area contributed by atoms with Crippen LogP contribution in [-0.2, 0) is 0 Å². The van der Waals surface area contributed by atoms with Crippen molar-refractivity contribution in [3.05, 3.63) is 79.1 Å². The van der Waals surface area contributed by atoms with Crippen molar-refractivity contribution >= 4 is 28.3 Å². The molecule has 0 bridgehead atoms. The number of piperazine rings is 1. The smallest absolute Gasteiger partial charge is 0.321 e. The number of nitrogens with zero attached hydrogens (tertiary/aromatic N) is 5. The number of rotatable bonds is 3. The van der Waals surface area contributed by atoms with E-state index >= 15 is 0 Å². The minimum absolute atomic E-state index is 0.0704. The summed E-state index contributed by atoms with van der Waals surface area (Å²) in [5.41, 5.74) is 0.813. The maximum absolute atomic E-state index is 12.7. The molecule has 2 aromatic heterocycles. The van der Waals surface area contributed by atoms with Crippen LogP contribution in [0.25, 0.3) is 16.6 Å². The number of anilines is 2. The molecule has 3 heterocycles. The molecule has 2 aromatic carbocycles. The highest BCUT2D eigenvalue weighted by Crippen LogP contribution is 2.20. The SMILES string of the molecule is O=C(Nc1ccc2ccccc2c1)N1CCN(c2ccc(-n3cccc3)nn2)CC1. The second kappa shape index (κ2) is 7.87. The number of nitrogens with one attached hydrogen (secondary N) is 1. The molecule has 4 aromatic rings. The fraction of sp³-hybridized carbons (Fsp3) is 0.174. The first-order chi connectivity index (χ1) is 14.8. The molecule has 150 valence electrons. The maximum atomic E-state index is 12.7. The molecule has 1 N–H and O–H groups in total. The fourth-order valence-corrected chi connectivity index (χ4v) is 3.72. The number of urea groups is 1. The highest BCUT2D eigenvalue weighted by Gasteiger charge is 2.22. The molecule has 7 nitrogen and oxygen atoms in total. The van der Waals surface area contributed by atoms with Crippen LogP contribution in [0.1, 0.15) is 0 Å². The first-order valence-electron chi connectivity index (χ1n) is 10.0. The highest BCUT2D eigenvalue weighted by molar-refractivity contribution is 5.93. The van der Waals surface area contributed by atoms with Gasteiger partial charge in [0.1, 0.15) is 0 Å². The van der Waals surface area contributed by atoms with E-state index in [9.17, 15) is 4.79 Å². The van der Waals surface area contributed by atoms with Gasteiger partial charge in [-0.15, -0.1) is 10.2 Å². The Balaban J connectivity index is 1.19. The van der Waals surface area contributed by atoms with Gasteiger partial charge in [0.15, 0.2) is 11.6 Å². The van der Waals surface area contributed by atoms with Gasteiger partial charge < -0.3 is 19.7 Å². The topological polar surface area (TPSA) is 66.3 Å². The van der Waals surface area contributed by atoms with Crippen LogP contribution in [-0.4, -0.2) is 51.9 Å². The second-order valence-corrected chi connectivity index (χ2v) is 7.31. The number of fused-ring (bicyclic) bond motifs is 1. The Hall–Kier alpha value is -3.87. The zero-order chi connectivity index (χ0) is 20.3. The monoisotopic (exact) mass is 398 g/mol. The summed E-state index contributed by atoms with van der Waals surface area (Å²) in [5.74, 6) is 1.62. The van der Waals surface area contributed by atoms with Crippen molar-refractivity contribution in [1.29, 1.82) is 0 Å². The number of benzene rings is 2. The molecule has 7 heteroatoms. The van der Waals surface area contributed by atoms with E-state index in [-0.39, 0.29) is 6.03 Å². The average Bonchev–Trinajstić information content (AvgIpc) is 3.34. The quantitative estimate of drug-likeness (QED) is 0.570. The first kappa shape index (κ1) is 18.2. The summed E-state index contributed by atoms with van der Waals surface area (Å²) in [6, 6.07) is 21.9. The Bertz CT molecular complexity index is 1150. The van der Waals surface area contributed by atoms with Crippen LogP contribution in [0.2, 0.25) is 0 Å². The van der Waals surface area contributed by atoms with E-state index in [0.29, 0.717) is 13.1 Å². The second-order valence-electron chi connectivity index (χ2n) is 7.31. The van der Waals surface area contributed by atoms with Crippen LogP contribution in [0.5, 0.6) is 0 Å². The van der Waals surface area contributed by atoms with Gasteiger partial charge in [0.25, 0.3) is 0 Å². The van der Waals surface area contributed by atoms with Crippen LogP contribution in [0.15, 0.2) is 79.1 Å². The lowest BCUT2D eigenvalue weighted by molar-refractivity contribution is 0.208. The molecule has 1 saturated heterocycles. The third-order valence-corrected chi connectivity index (χ3v) is 5.40. The molecule has 0 saturated carbocycles. The molecule has 0 aliphatic carbocycles. The lowest BCUT2D eigenvalue weighted by atomic mass is 10.1. The molecular formula is C23H22N6O. The molecule has 5 rings (SSSR count). The normalized spacial score (nSPS) is 14.1. The number of aromatic nitrogens is 3. The summed E-state index contributed by atoms with van der Waals surface area (Å²) in [4.78, 5) is 16.7. The van der Waals surface area contributed by atoms with Gasteiger partial charge in [-0.05, 0) is 47.2 Å². The van der Waals surface area contributed by atoms with E-state index in [0.717, 1.165) is 41.2 Å². The van der Waals surface area contributed by atoms with Gasteiger partial charge in [0, 0.05) is 44.3 Å². The Kier molecular flexibility index (Phi) is 4.77. The molecule has 0 radical (unpaired) electrons. The standard InChI is InChI=1S/C23H22N6O/c30-23(24-20-8-7-18-5-1-2-6-19(18)17-20)29-15-13-28(14-16-29)22-10-9-21(25-26-22)27-11-3-4-12-27/h1-12,17H,13-16H2,(H,24,30). The minimum atomic E-state index is -0.0704. The molecule has 30 heavy (non-hydrogen) atoms. The van der Waals surface area contributed by atoms with Crippen LogP contribution in [0.4, 0.5) is 16.3 Å². The number of carbonyl (C=O) groups excluding carboxylic acids is 1. The lowest BCUT2D eigenvalue weighted by Gasteiger charge is -2.35. The van der Waals surface area contributed by atoms with Crippen LogP contribution in [0, 0.1) is 0 Å². The van der Waals surface area contributed by atoms with Gasteiger partial charge in [-0.25, -0.2) is 4.79 Å². The van der Waals surface area contributed by atoms with E-state index in [2.05, 4.69) is 26.5 Å². The van der Waals surface area contributed by atoms with Crippen molar-refractivity contribution in [3.63, 3.8) is 0 Å². The van der Waals surface area contributed by atoms with E-state index < -0.39 is 0 Å². The fourth-order valence-electron chi connectivity index (χ4n) is 3.72. The average molecular weight is 398 g/mol. The predicted octanol–water partition coefficient (Wildman–Crippen LogP) is 3.77. The van der Waals surface area contributed by atoms with Crippen LogP contribution >= 0.6 is 0 Å². The predicted molar refractivity (Wildman–Crippen MR) is 118 cm³/mol. The summed E-state index contributed by atoms with van der Waals surface area (Å²) in [5, 5.41) is 14.0. The van der Waals surface area contributed by atoms with Gasteiger partial charge >= 0.3 is 6.03 Å². The van der Waals surface area contributed by atoms with Crippen molar-refractivity contribution in [3.8, 4) is 5.82 Å². The van der Waals surface area contributed by atoms with Crippen LogP contribution in [0.3, 0.4) is 0 Å². The van der Waals surface area contributed by atoms with Crippen molar-refractivity contribution in [1.82, 2.24) is 19.7 Å². The summed E-state index contributed by atoms with van der Waals surface area (Å²) < 4.78 is 1.92. The maximum Gasteiger partial charge on any atom is 0.321 e. The van der Waals surface area contributed by atoms with Crippen molar-refractivity contribution in [2.45, 2.75) is 0 Å². The molecule has 1 aliphatic rings. The number of hydrogen-bond donors (Lipinski definition) is 1. The Morgan fingerprint density at radius 3 is 2.20 bits per heavy atom. The summed E-state index contributed by atoms with van der Waals surface area (Å²) >= 11 is 0. The zero-order valence-electron chi connectivity index (χ0n) is 16.5. The zero-order valence-corrected chi connectivity index (χ0v) is 16.5. The summed E-state index contributed by atoms with van der Waals surface area (Å²) in [7, 11) is 0. The Morgan fingerprint density at radius 2 is 1.47 bits per heavy atom. The van der Waals surface area contributed by atoms with Gasteiger partial charge in [0.05, 0.1) is 0 Å². The third-order valence-electron chi connectivity index (χ3n) is 5.40. The van der Waals surface area contributed by atoms with E-state index in [1.54, 1.807) is 0 Å². The first-order valence-corrected chi connectivity index (χ1v) is 10.0. The van der Waals surface area contributed by atoms with Crippen molar-refractivity contribution in [2.75, 3.05) is 36.4 Å². The number of carbonyl (C=O) groups is 1. The van der Waals surface area contributed by atoms with E-state index in [1.807, 2.05) is 82.5 Å². The molecule has 0 atom stereocenters. The number of hydrogen-bond acceptors (Lipinski definition) is 4. The molecular weight excluding hydrogens is 376 g/mol. The Labute approximate surface area is 174 Å². The van der Waals surface area contributed by atoms with E-state index in [4.69, 9.17) is 0 Å². The summed E-state index contributed by atoms with van der Waals surface area (Å²) in [6.45, 7) is 2.73. The van der Waals surface area contributed by atoms with E-state index in [1.165, 1.54) is 0 Å². The number of amides is 2. The van der Waals surface area contributed by atoms with Gasteiger partial charge in [0.2, 0.25) is 0 Å². The molecule has 0 spiro atoms. The Morgan fingerprint density at radius 1 is 0.767 bits per heavy atom. The van der Waals surface area contributed by atoms with Gasteiger partial charge in [-0.3, -0.25) is 0 Å². The minimum Gasteiger partial charge on any atom is -0.352 e. The molecule has 2 amide bonds. The van der Waals surface area contributed by atoms with Gasteiger partial charge in [-0.2, -0.15) is 0 Å². The molecule has 0 unspecified atom stereocenters. The lowest BCUT2D eigenvalue weighted by Crippen LogP contribution is -2.50. The van der Waals surface area contributed by atoms with Crippen molar-refractivity contribution in [2.24, 2.45) is 0 Å². The third kappa shape index (κ3) is 3.69. The van der Waals surface area contributed by atoms with Crippen molar-refractivity contribution < 1.29 is 4.79 Å². The molecule has 1 aliphatic heterocycles. The van der Waals surface area contributed by atoms with Gasteiger partial charge in [-0.1, -0.05) is 30.3 Å².